The SMILES string of the molecule is CCN(NC(C)C)[Si](C)(C)N(CC)NC(C)C. The second-order valence-corrected chi connectivity index (χ2v) is 9.62. The van der Waals surface area contributed by atoms with Crippen LogP contribution in [0.25, 0.3) is 0 Å². The first-order chi connectivity index (χ1) is 7.75. The highest BCUT2D eigenvalue weighted by molar-refractivity contribution is 6.71. The molecule has 0 atom stereocenters. The number of rotatable bonds is 8. The first kappa shape index (κ1) is 17.1. The topological polar surface area (TPSA) is 30.5 Å². The molecule has 0 aromatic heterocycles. The summed E-state index contributed by atoms with van der Waals surface area (Å²) in [5, 5.41) is 0. The molecule has 4 nitrogen and oxygen atoms in total. The first-order valence-electron chi connectivity index (χ1n) is 6.83. The van der Waals surface area contributed by atoms with Crippen LogP contribution in [0, 0.1) is 0 Å². The van der Waals surface area contributed by atoms with E-state index >= 15 is 0 Å². The molecule has 5 heteroatoms. The van der Waals surface area contributed by atoms with Gasteiger partial charge in [-0.25, -0.2) is 9.35 Å². The van der Waals surface area contributed by atoms with Crippen molar-refractivity contribution < 1.29 is 0 Å². The Balaban J connectivity index is 4.76. The van der Waals surface area contributed by atoms with Crippen molar-refractivity contribution in [3.63, 3.8) is 0 Å². The molecule has 0 spiro atoms. The van der Waals surface area contributed by atoms with Gasteiger partial charge in [-0.3, -0.25) is 10.9 Å². The Kier molecular flexibility index (Phi) is 7.51. The summed E-state index contributed by atoms with van der Waals surface area (Å²) in [7, 11) is -1.64. The van der Waals surface area contributed by atoms with Crippen LogP contribution in [0.1, 0.15) is 41.5 Å². The normalized spacial score (nSPS) is 13.4. The maximum atomic E-state index is 3.57. The van der Waals surface area contributed by atoms with E-state index < -0.39 is 8.40 Å². The van der Waals surface area contributed by atoms with Gasteiger partial charge in [0.05, 0.1) is 0 Å². The van der Waals surface area contributed by atoms with E-state index in [0.29, 0.717) is 12.1 Å². The Hall–Kier alpha value is 0.0569. The lowest BCUT2D eigenvalue weighted by Crippen LogP contribution is -2.70. The smallest absolute Gasteiger partial charge is 0.228 e. The monoisotopic (exact) mass is 260 g/mol. The fourth-order valence-electron chi connectivity index (χ4n) is 2.04. The van der Waals surface area contributed by atoms with Crippen molar-refractivity contribution in [2.24, 2.45) is 0 Å². The van der Waals surface area contributed by atoms with Gasteiger partial charge in [0.25, 0.3) is 0 Å². The highest BCUT2D eigenvalue weighted by Gasteiger charge is 2.35. The fraction of sp³-hybridized carbons (Fsp3) is 1.00. The summed E-state index contributed by atoms with van der Waals surface area (Å²) in [5.74, 6) is 0. The number of hydrogen-bond acceptors (Lipinski definition) is 4. The molecule has 0 unspecified atom stereocenters. The lowest BCUT2D eigenvalue weighted by molar-refractivity contribution is 0.209. The van der Waals surface area contributed by atoms with Crippen molar-refractivity contribution in [2.75, 3.05) is 13.1 Å². The molecule has 0 aromatic rings. The summed E-state index contributed by atoms with van der Waals surface area (Å²) >= 11 is 0. The van der Waals surface area contributed by atoms with Crippen LogP contribution in [0.5, 0.6) is 0 Å². The second kappa shape index (κ2) is 7.48. The molecule has 0 rings (SSSR count). The highest BCUT2D eigenvalue weighted by atomic mass is 28.3. The summed E-state index contributed by atoms with van der Waals surface area (Å²) in [6.07, 6.45) is 0. The molecule has 0 heterocycles. The van der Waals surface area contributed by atoms with Crippen molar-refractivity contribution in [2.45, 2.75) is 66.7 Å². The zero-order chi connectivity index (χ0) is 13.6. The average molecular weight is 261 g/mol. The van der Waals surface area contributed by atoms with Gasteiger partial charge in [-0.05, 0) is 40.8 Å². The minimum absolute atomic E-state index is 0.486. The molecule has 0 saturated carbocycles. The van der Waals surface area contributed by atoms with E-state index in [9.17, 15) is 0 Å². The summed E-state index contributed by atoms with van der Waals surface area (Å²) in [4.78, 5) is 0. The van der Waals surface area contributed by atoms with Gasteiger partial charge in [0.2, 0.25) is 8.40 Å². The Morgan fingerprint density at radius 3 is 1.29 bits per heavy atom. The first-order valence-corrected chi connectivity index (χ1v) is 9.72. The van der Waals surface area contributed by atoms with E-state index in [0.717, 1.165) is 13.1 Å². The van der Waals surface area contributed by atoms with Gasteiger partial charge in [0, 0.05) is 25.2 Å². The summed E-state index contributed by atoms with van der Waals surface area (Å²) in [5.41, 5.74) is 7.14. The van der Waals surface area contributed by atoms with Crippen molar-refractivity contribution >= 4 is 8.40 Å². The molecule has 0 aliphatic heterocycles. The van der Waals surface area contributed by atoms with Crippen molar-refractivity contribution in [3.05, 3.63) is 0 Å². The van der Waals surface area contributed by atoms with Crippen LogP contribution in [0.15, 0.2) is 0 Å². The fourth-order valence-corrected chi connectivity index (χ4v) is 5.03. The molecule has 0 amide bonds. The summed E-state index contributed by atoms with van der Waals surface area (Å²) in [6, 6.07) is 0.971. The zero-order valence-corrected chi connectivity index (χ0v) is 14.0. The molecule has 0 bridgehead atoms. The number of nitrogens with one attached hydrogen (secondary N) is 2. The molecule has 0 aliphatic carbocycles. The van der Waals surface area contributed by atoms with Crippen LogP contribution < -0.4 is 10.9 Å². The lowest BCUT2D eigenvalue weighted by atomic mass is 10.4. The summed E-state index contributed by atoms with van der Waals surface area (Å²) in [6.45, 7) is 20.0. The Morgan fingerprint density at radius 1 is 0.824 bits per heavy atom. The van der Waals surface area contributed by atoms with Gasteiger partial charge in [-0.2, -0.15) is 0 Å². The standard InChI is InChI=1S/C12H32N4Si/c1-9-15(13-11(3)4)17(7,8)16(10-2)14-12(5)6/h11-14H,9-10H2,1-8H3. The predicted molar refractivity (Wildman–Crippen MR) is 78.8 cm³/mol. The third-order valence-electron chi connectivity index (χ3n) is 2.78. The highest BCUT2D eigenvalue weighted by Crippen LogP contribution is 2.12. The van der Waals surface area contributed by atoms with E-state index in [1.54, 1.807) is 0 Å². The van der Waals surface area contributed by atoms with Crippen molar-refractivity contribution in [3.8, 4) is 0 Å². The molecule has 17 heavy (non-hydrogen) atoms. The van der Waals surface area contributed by atoms with Crippen molar-refractivity contribution in [1.82, 2.24) is 20.2 Å². The maximum Gasteiger partial charge on any atom is 0.228 e. The molecule has 2 N–H and O–H groups in total. The Labute approximate surface area is 109 Å². The third kappa shape index (κ3) is 5.48. The van der Waals surface area contributed by atoms with Gasteiger partial charge in [0.15, 0.2) is 0 Å². The number of hydrazine groups is 2. The van der Waals surface area contributed by atoms with Crippen LogP contribution in [0.4, 0.5) is 0 Å². The van der Waals surface area contributed by atoms with Crippen LogP contribution in [0.2, 0.25) is 13.1 Å². The van der Waals surface area contributed by atoms with Gasteiger partial charge in [-0.15, -0.1) is 0 Å². The predicted octanol–water partition coefficient (Wildman–Crippen LogP) is 2.16. The third-order valence-corrected chi connectivity index (χ3v) is 6.31. The van der Waals surface area contributed by atoms with E-state index in [-0.39, 0.29) is 0 Å². The van der Waals surface area contributed by atoms with Gasteiger partial charge < -0.3 is 0 Å². The van der Waals surface area contributed by atoms with Crippen LogP contribution in [-0.2, 0) is 0 Å². The number of nitrogens with zero attached hydrogens (tertiary/aromatic N) is 2. The van der Waals surface area contributed by atoms with Gasteiger partial charge in [0.1, 0.15) is 0 Å². The molecule has 0 radical (unpaired) electrons. The van der Waals surface area contributed by atoms with E-state index in [2.05, 4.69) is 74.8 Å². The van der Waals surface area contributed by atoms with Crippen LogP contribution in [-0.4, -0.2) is 42.9 Å². The number of hydrogen-bond donors (Lipinski definition) is 2. The van der Waals surface area contributed by atoms with E-state index in [4.69, 9.17) is 0 Å². The largest absolute Gasteiger partial charge is 0.258 e. The molecular weight excluding hydrogens is 228 g/mol. The molecule has 0 fully saturated rings. The minimum atomic E-state index is -1.64. The van der Waals surface area contributed by atoms with Crippen LogP contribution in [0.3, 0.4) is 0 Å². The lowest BCUT2D eigenvalue weighted by Gasteiger charge is -2.45. The molecule has 0 aliphatic rings. The van der Waals surface area contributed by atoms with Gasteiger partial charge in [-0.1, -0.05) is 13.8 Å². The quantitative estimate of drug-likeness (QED) is 0.517. The van der Waals surface area contributed by atoms with E-state index in [1.165, 1.54) is 0 Å². The zero-order valence-electron chi connectivity index (χ0n) is 13.0. The Morgan fingerprint density at radius 2 is 1.12 bits per heavy atom. The molecule has 104 valence electrons. The van der Waals surface area contributed by atoms with E-state index in [1.807, 2.05) is 0 Å². The van der Waals surface area contributed by atoms with Gasteiger partial charge >= 0.3 is 0 Å². The second-order valence-electron chi connectivity index (χ2n) is 5.55. The average Bonchev–Trinajstić information content (AvgIpc) is 2.21. The molecular formula is C12H32N4Si. The van der Waals surface area contributed by atoms with Crippen LogP contribution >= 0.6 is 0 Å². The molecule has 0 aromatic carbocycles. The minimum Gasteiger partial charge on any atom is -0.258 e. The molecule has 0 saturated heterocycles. The summed E-state index contributed by atoms with van der Waals surface area (Å²) < 4.78 is 4.85. The maximum absolute atomic E-state index is 3.57. The van der Waals surface area contributed by atoms with Crippen molar-refractivity contribution in [1.29, 1.82) is 0 Å². The Bertz CT molecular complexity index is 187.